The van der Waals surface area contributed by atoms with Gasteiger partial charge in [0.2, 0.25) is 5.91 Å². The summed E-state index contributed by atoms with van der Waals surface area (Å²) in [5.74, 6) is -0.232. The fourth-order valence-corrected chi connectivity index (χ4v) is 14.9. The van der Waals surface area contributed by atoms with E-state index in [0.717, 1.165) is 44.9 Å². The third-order valence-corrected chi connectivity index (χ3v) is 21.7. The average Bonchev–Trinajstić information content (AvgIpc) is 0.783. The minimum atomic E-state index is -1.97. The first-order valence-electron chi connectivity index (χ1n) is 42.3. The van der Waals surface area contributed by atoms with Crippen LogP contribution in [0.5, 0.6) is 0 Å². The van der Waals surface area contributed by atoms with Crippen LogP contribution in [0.1, 0.15) is 380 Å². The van der Waals surface area contributed by atoms with E-state index in [2.05, 4.69) is 19.2 Å². The molecule has 1 amide bonds. The number of amides is 1. The van der Waals surface area contributed by atoms with Crippen LogP contribution in [0.2, 0.25) is 0 Å². The van der Waals surface area contributed by atoms with Gasteiger partial charge in [0.15, 0.2) is 18.9 Å². The van der Waals surface area contributed by atoms with Crippen molar-refractivity contribution in [1.82, 2.24) is 5.32 Å². The summed E-state index contributed by atoms with van der Waals surface area (Å²) >= 11 is 0. The van der Waals surface area contributed by atoms with Gasteiger partial charge in [-0.05, 0) is 12.8 Å². The smallest absolute Gasteiger partial charge is 0.220 e. The largest absolute Gasteiger partial charge is 0.394 e. The van der Waals surface area contributed by atoms with Crippen molar-refractivity contribution in [1.29, 1.82) is 0 Å². The topological polar surface area (TPSA) is 307 Å². The SMILES string of the molecule is CCCCCCCCCCCCCCCCCCCCCCCCCCCCCCCCCCCC(=O)NC(COC1OC(CO)C(OC2OC(CO)C(OC3OC(CO)C(O)C(O)C3O)C(O)C2O)C(O)C1O)C(O)CCCCCCCCCCCCCCCCCCCCCCCC. The molecule has 0 saturated carbocycles. The van der Waals surface area contributed by atoms with Gasteiger partial charge in [0, 0.05) is 6.42 Å². The highest BCUT2D eigenvalue weighted by molar-refractivity contribution is 5.76. The fraction of sp³-hybridized carbons (Fsp3) is 0.988. The van der Waals surface area contributed by atoms with Gasteiger partial charge in [0.1, 0.15) is 73.2 Å². The lowest BCUT2D eigenvalue weighted by Gasteiger charge is -2.48. The monoisotopic (exact) mass is 1430 g/mol. The summed E-state index contributed by atoms with van der Waals surface area (Å²) in [4.78, 5) is 13.5. The van der Waals surface area contributed by atoms with Crippen LogP contribution in [-0.2, 0) is 33.2 Å². The first kappa shape index (κ1) is 93.0. The Morgan fingerprint density at radius 3 is 0.870 bits per heavy atom. The highest BCUT2D eigenvalue weighted by Gasteiger charge is 2.54. The van der Waals surface area contributed by atoms with Crippen LogP contribution >= 0.6 is 0 Å². The van der Waals surface area contributed by atoms with Gasteiger partial charge in [0.25, 0.3) is 0 Å². The number of aliphatic hydroxyl groups excluding tert-OH is 11. The standard InChI is InChI=1S/C81H157NO18/c1-3-5-7-9-11-13-15-17-19-21-23-25-27-28-29-30-31-32-33-34-35-36-37-39-41-43-45-47-49-51-53-55-57-59-69(87)82-64(65(86)58-56-54-52-50-48-46-44-42-40-38-26-24-22-20-18-16-14-12-10-8-6-4-2)63-95-79-75(93)72(90)77(67(61-84)97-79)100-81-76(94)73(91)78(68(62-85)98-81)99-80-74(92)71(89)70(88)66(60-83)96-80/h64-68,70-81,83-86,88-94H,3-63H2,1-2H3,(H,82,87). The Hall–Kier alpha value is -1.21. The molecule has 0 aromatic rings. The molecule has 19 nitrogen and oxygen atoms in total. The minimum absolute atomic E-state index is 0.232. The van der Waals surface area contributed by atoms with E-state index in [-0.39, 0.29) is 18.9 Å². The molecule has 3 rings (SSSR count). The summed E-state index contributed by atoms with van der Waals surface area (Å²) in [6.07, 6.45) is 46.4. The molecule has 0 spiro atoms. The number of rotatable bonds is 69. The van der Waals surface area contributed by atoms with Gasteiger partial charge in [-0.3, -0.25) is 4.79 Å². The number of aliphatic hydroxyl groups is 11. The molecule has 0 aromatic carbocycles. The van der Waals surface area contributed by atoms with Crippen LogP contribution < -0.4 is 5.32 Å². The second-order valence-corrected chi connectivity index (χ2v) is 30.7. The second-order valence-electron chi connectivity index (χ2n) is 30.7. The van der Waals surface area contributed by atoms with E-state index < -0.39 is 124 Å². The zero-order valence-corrected chi connectivity index (χ0v) is 63.7. The molecule has 0 aliphatic carbocycles. The van der Waals surface area contributed by atoms with E-state index in [9.17, 15) is 61.0 Å². The Balaban J connectivity index is 1.33. The summed E-state index contributed by atoms with van der Waals surface area (Å²) in [7, 11) is 0. The van der Waals surface area contributed by atoms with Crippen molar-refractivity contribution in [2.45, 2.75) is 484 Å². The first-order valence-corrected chi connectivity index (χ1v) is 42.3. The summed E-state index contributed by atoms with van der Waals surface area (Å²) in [5.41, 5.74) is 0. The molecule has 594 valence electrons. The first-order chi connectivity index (χ1) is 48.8. The Bertz CT molecular complexity index is 1810. The summed E-state index contributed by atoms with van der Waals surface area (Å²) in [5, 5.41) is 121. The third-order valence-electron chi connectivity index (χ3n) is 21.7. The number of hydrogen-bond donors (Lipinski definition) is 12. The van der Waals surface area contributed by atoms with Crippen LogP contribution in [-0.4, -0.2) is 193 Å². The lowest BCUT2D eigenvalue weighted by atomic mass is 9.96. The molecule has 3 fully saturated rings. The molecule has 19 heteroatoms. The second kappa shape index (κ2) is 62.8. The van der Waals surface area contributed by atoms with E-state index in [1.54, 1.807) is 0 Å². The van der Waals surface area contributed by atoms with Crippen molar-refractivity contribution in [3.8, 4) is 0 Å². The van der Waals surface area contributed by atoms with Gasteiger partial charge in [-0.2, -0.15) is 0 Å². The molecule has 3 aliphatic rings. The normalized spacial score (nSPS) is 26.4. The van der Waals surface area contributed by atoms with Gasteiger partial charge in [0.05, 0.1) is 38.6 Å². The molecular weight excluding hydrogens is 1270 g/mol. The zero-order valence-electron chi connectivity index (χ0n) is 63.7. The Kier molecular flexibility index (Phi) is 58.4. The summed E-state index contributed by atoms with van der Waals surface area (Å²) in [6.45, 7) is 1.88. The molecule has 17 unspecified atom stereocenters. The van der Waals surface area contributed by atoms with Gasteiger partial charge >= 0.3 is 0 Å². The zero-order chi connectivity index (χ0) is 72.5. The van der Waals surface area contributed by atoms with Gasteiger partial charge in [-0.25, -0.2) is 0 Å². The van der Waals surface area contributed by atoms with Crippen molar-refractivity contribution in [2.75, 3.05) is 26.4 Å². The average molecular weight is 1430 g/mol. The minimum Gasteiger partial charge on any atom is -0.394 e. The molecule has 0 aromatic heterocycles. The van der Waals surface area contributed by atoms with Crippen molar-refractivity contribution in [3.63, 3.8) is 0 Å². The molecular formula is C81H157NO18. The van der Waals surface area contributed by atoms with Crippen molar-refractivity contribution < 1.29 is 89.4 Å². The quantitative estimate of drug-likeness (QED) is 0.0252. The van der Waals surface area contributed by atoms with Crippen LogP contribution in [0.3, 0.4) is 0 Å². The molecule has 3 saturated heterocycles. The summed E-state index contributed by atoms with van der Waals surface area (Å²) < 4.78 is 34.6. The van der Waals surface area contributed by atoms with Crippen LogP contribution in [0.25, 0.3) is 0 Å². The van der Waals surface area contributed by atoms with Crippen molar-refractivity contribution >= 4 is 5.91 Å². The lowest BCUT2D eigenvalue weighted by Crippen LogP contribution is -2.66. The molecule has 3 aliphatic heterocycles. The Morgan fingerprint density at radius 2 is 0.570 bits per heavy atom. The number of unbranched alkanes of at least 4 members (excludes halogenated alkanes) is 53. The van der Waals surface area contributed by atoms with Crippen LogP contribution in [0, 0.1) is 0 Å². The maximum absolute atomic E-state index is 13.5. The number of carbonyl (C=O) groups excluding carboxylic acids is 1. The number of carbonyl (C=O) groups is 1. The third kappa shape index (κ3) is 42.4. The van der Waals surface area contributed by atoms with Crippen LogP contribution in [0.15, 0.2) is 0 Å². The molecule has 12 N–H and O–H groups in total. The molecule has 3 heterocycles. The highest BCUT2D eigenvalue weighted by atomic mass is 16.8. The maximum Gasteiger partial charge on any atom is 0.220 e. The van der Waals surface area contributed by atoms with Gasteiger partial charge in [-0.15, -0.1) is 0 Å². The van der Waals surface area contributed by atoms with E-state index in [1.165, 1.54) is 302 Å². The maximum atomic E-state index is 13.5. The van der Waals surface area contributed by atoms with Crippen molar-refractivity contribution in [3.05, 3.63) is 0 Å². The van der Waals surface area contributed by atoms with E-state index in [4.69, 9.17) is 28.4 Å². The summed E-state index contributed by atoms with van der Waals surface area (Å²) in [6, 6.07) is -0.883. The van der Waals surface area contributed by atoms with Gasteiger partial charge in [-0.1, -0.05) is 361 Å². The Morgan fingerprint density at radius 1 is 0.320 bits per heavy atom. The van der Waals surface area contributed by atoms with Crippen molar-refractivity contribution in [2.24, 2.45) is 0 Å². The highest BCUT2D eigenvalue weighted by Crippen LogP contribution is 2.34. The fourth-order valence-electron chi connectivity index (χ4n) is 14.9. The van der Waals surface area contributed by atoms with Crippen LogP contribution in [0.4, 0.5) is 0 Å². The number of nitrogens with one attached hydrogen (secondary N) is 1. The van der Waals surface area contributed by atoms with E-state index in [0.29, 0.717) is 12.8 Å². The van der Waals surface area contributed by atoms with E-state index >= 15 is 0 Å². The molecule has 100 heavy (non-hydrogen) atoms. The molecule has 0 radical (unpaired) electrons. The number of hydrogen-bond acceptors (Lipinski definition) is 18. The Labute approximate surface area is 608 Å². The molecule has 17 atom stereocenters. The van der Waals surface area contributed by atoms with Gasteiger partial charge < -0.3 is 89.9 Å². The van der Waals surface area contributed by atoms with E-state index in [1.807, 2.05) is 0 Å². The predicted octanol–water partition coefficient (Wildman–Crippen LogP) is 14.6. The number of ether oxygens (including phenoxy) is 6. The predicted molar refractivity (Wildman–Crippen MR) is 397 cm³/mol. The lowest BCUT2D eigenvalue weighted by molar-refractivity contribution is -0.379. The molecule has 0 bridgehead atoms.